The lowest BCUT2D eigenvalue weighted by Crippen LogP contribution is -2.17. The zero-order valence-corrected chi connectivity index (χ0v) is 11.5. The summed E-state index contributed by atoms with van der Waals surface area (Å²) in [4.78, 5) is 8.81. The Kier molecular flexibility index (Phi) is 3.73. The van der Waals surface area contributed by atoms with Crippen LogP contribution in [0.4, 0.5) is 5.69 Å². The Morgan fingerprint density at radius 1 is 1.10 bits per heavy atom. The van der Waals surface area contributed by atoms with Crippen molar-refractivity contribution >= 4 is 17.3 Å². The van der Waals surface area contributed by atoms with Gasteiger partial charge in [0.15, 0.2) is 4.87 Å². The van der Waals surface area contributed by atoms with Gasteiger partial charge in [0.2, 0.25) is 0 Å². The lowest BCUT2D eigenvalue weighted by Gasteiger charge is -2.20. The minimum absolute atomic E-state index is 0.0328. The van der Waals surface area contributed by atoms with E-state index < -0.39 is 9.80 Å². The van der Waals surface area contributed by atoms with E-state index in [1.807, 2.05) is 19.1 Å². The number of non-ortho nitro benzene ring substituents is 1. The average Bonchev–Trinajstić information content (AvgIpc) is 2.47. The molecular formula is C15H11ClN2O2. The molecule has 0 N–H and O–H groups in total. The van der Waals surface area contributed by atoms with Crippen molar-refractivity contribution in [2.45, 2.75) is 11.8 Å². The Balaban J connectivity index is 2.48. The van der Waals surface area contributed by atoms with E-state index in [1.165, 1.54) is 24.3 Å². The van der Waals surface area contributed by atoms with Gasteiger partial charge in [-0.1, -0.05) is 41.4 Å². The fourth-order valence-electron chi connectivity index (χ4n) is 1.89. The Morgan fingerprint density at radius 2 is 1.55 bits per heavy atom. The number of alkyl halides is 1. The van der Waals surface area contributed by atoms with Gasteiger partial charge in [-0.2, -0.15) is 5.26 Å². The first-order valence-electron chi connectivity index (χ1n) is 5.89. The Hall–Kier alpha value is -2.38. The van der Waals surface area contributed by atoms with Crippen LogP contribution in [0.5, 0.6) is 0 Å². The van der Waals surface area contributed by atoms with Gasteiger partial charge in [-0.25, -0.2) is 0 Å². The quantitative estimate of drug-likeness (QED) is 0.488. The van der Waals surface area contributed by atoms with Crippen molar-refractivity contribution in [3.8, 4) is 6.07 Å². The number of halogens is 1. The van der Waals surface area contributed by atoms with Crippen LogP contribution in [-0.2, 0) is 4.87 Å². The Labute approximate surface area is 121 Å². The highest BCUT2D eigenvalue weighted by atomic mass is 35.5. The van der Waals surface area contributed by atoms with E-state index in [1.54, 1.807) is 12.1 Å². The molecule has 2 aromatic rings. The molecule has 0 radical (unpaired) electrons. The van der Waals surface area contributed by atoms with Crippen molar-refractivity contribution in [3.63, 3.8) is 0 Å². The molecule has 0 aliphatic heterocycles. The van der Waals surface area contributed by atoms with Crippen molar-refractivity contribution in [2.24, 2.45) is 0 Å². The predicted molar refractivity (Wildman–Crippen MR) is 76.5 cm³/mol. The number of nitro benzene ring substituents is 1. The van der Waals surface area contributed by atoms with E-state index in [0.29, 0.717) is 11.1 Å². The van der Waals surface area contributed by atoms with Gasteiger partial charge in [-0.05, 0) is 30.2 Å². The van der Waals surface area contributed by atoms with Crippen LogP contribution in [0.2, 0.25) is 0 Å². The third-order valence-corrected chi connectivity index (χ3v) is 3.60. The van der Waals surface area contributed by atoms with Gasteiger partial charge in [0.05, 0.1) is 11.0 Å². The summed E-state index contributed by atoms with van der Waals surface area (Å²) in [7, 11) is 0. The average molecular weight is 287 g/mol. The SMILES string of the molecule is Cc1ccc(C(Cl)(C#N)c2ccc([N+](=O)[O-])cc2)cc1. The number of aryl methyl sites for hydroxylation is 1. The zero-order chi connectivity index (χ0) is 14.8. The monoisotopic (exact) mass is 286 g/mol. The highest BCUT2D eigenvalue weighted by molar-refractivity contribution is 6.28. The van der Waals surface area contributed by atoms with E-state index in [0.717, 1.165) is 5.56 Å². The second-order valence-corrected chi connectivity index (χ2v) is 5.01. The zero-order valence-electron chi connectivity index (χ0n) is 10.7. The third-order valence-electron chi connectivity index (χ3n) is 3.08. The molecule has 1 unspecified atom stereocenters. The molecule has 20 heavy (non-hydrogen) atoms. The molecule has 0 spiro atoms. The molecule has 0 bridgehead atoms. The second kappa shape index (κ2) is 5.32. The van der Waals surface area contributed by atoms with Crippen molar-refractivity contribution < 1.29 is 4.92 Å². The Morgan fingerprint density at radius 3 is 1.95 bits per heavy atom. The number of nitrogens with zero attached hydrogens (tertiary/aromatic N) is 2. The van der Waals surface area contributed by atoms with Gasteiger partial charge in [0, 0.05) is 12.1 Å². The first kappa shape index (κ1) is 14.0. The normalized spacial score (nSPS) is 13.2. The summed E-state index contributed by atoms with van der Waals surface area (Å²) in [5, 5.41) is 20.1. The lowest BCUT2D eigenvalue weighted by molar-refractivity contribution is -0.384. The molecular weight excluding hydrogens is 276 g/mol. The van der Waals surface area contributed by atoms with Crippen molar-refractivity contribution in [2.75, 3.05) is 0 Å². The maximum absolute atomic E-state index is 10.6. The molecule has 0 aliphatic carbocycles. The van der Waals surface area contributed by atoms with Crippen molar-refractivity contribution in [3.05, 3.63) is 75.3 Å². The van der Waals surface area contributed by atoms with Crippen LogP contribution in [0, 0.1) is 28.4 Å². The highest BCUT2D eigenvalue weighted by Crippen LogP contribution is 2.36. The molecule has 5 heteroatoms. The van der Waals surface area contributed by atoms with Gasteiger partial charge in [-0.15, -0.1) is 0 Å². The minimum Gasteiger partial charge on any atom is -0.258 e. The number of hydrogen-bond acceptors (Lipinski definition) is 3. The third kappa shape index (κ3) is 2.49. The first-order chi connectivity index (χ1) is 9.47. The van der Waals surface area contributed by atoms with Crippen LogP contribution >= 0.6 is 11.6 Å². The summed E-state index contributed by atoms with van der Waals surface area (Å²) in [5.41, 5.74) is 2.18. The van der Waals surface area contributed by atoms with E-state index in [-0.39, 0.29) is 5.69 Å². The summed E-state index contributed by atoms with van der Waals surface area (Å²) in [6.45, 7) is 1.94. The molecule has 2 rings (SSSR count). The molecule has 4 nitrogen and oxygen atoms in total. The van der Waals surface area contributed by atoms with Gasteiger partial charge >= 0.3 is 0 Å². The van der Waals surface area contributed by atoms with Crippen LogP contribution in [0.25, 0.3) is 0 Å². The fraction of sp³-hybridized carbons (Fsp3) is 0.133. The molecule has 2 aromatic carbocycles. The molecule has 0 amide bonds. The second-order valence-electron chi connectivity index (χ2n) is 4.44. The summed E-state index contributed by atoms with van der Waals surface area (Å²) >= 11 is 6.43. The molecule has 0 aliphatic rings. The smallest absolute Gasteiger partial charge is 0.258 e. The van der Waals surface area contributed by atoms with Crippen molar-refractivity contribution in [1.82, 2.24) is 0 Å². The summed E-state index contributed by atoms with van der Waals surface area (Å²) in [6, 6.07) is 15.1. The van der Waals surface area contributed by atoms with Crippen LogP contribution in [-0.4, -0.2) is 4.92 Å². The van der Waals surface area contributed by atoms with E-state index >= 15 is 0 Å². The number of benzene rings is 2. The summed E-state index contributed by atoms with van der Waals surface area (Å²) < 4.78 is 0. The highest BCUT2D eigenvalue weighted by Gasteiger charge is 2.32. The predicted octanol–water partition coefficient (Wildman–Crippen LogP) is 3.91. The molecule has 0 fully saturated rings. The van der Waals surface area contributed by atoms with E-state index in [9.17, 15) is 15.4 Å². The van der Waals surface area contributed by atoms with Crippen LogP contribution < -0.4 is 0 Å². The van der Waals surface area contributed by atoms with Gasteiger partial charge < -0.3 is 0 Å². The summed E-state index contributed by atoms with van der Waals surface area (Å²) in [6.07, 6.45) is 0. The number of hydrogen-bond donors (Lipinski definition) is 0. The lowest BCUT2D eigenvalue weighted by atomic mass is 9.91. The molecule has 0 aromatic heterocycles. The van der Waals surface area contributed by atoms with Crippen LogP contribution in [0.1, 0.15) is 16.7 Å². The fourth-order valence-corrected chi connectivity index (χ4v) is 2.14. The molecule has 0 saturated heterocycles. The maximum atomic E-state index is 10.6. The van der Waals surface area contributed by atoms with Gasteiger partial charge in [0.25, 0.3) is 5.69 Å². The summed E-state index contributed by atoms with van der Waals surface area (Å²) in [5.74, 6) is 0. The Bertz CT molecular complexity index is 675. The van der Waals surface area contributed by atoms with Gasteiger partial charge in [0.1, 0.15) is 0 Å². The maximum Gasteiger partial charge on any atom is 0.269 e. The molecule has 0 heterocycles. The molecule has 0 saturated carbocycles. The first-order valence-corrected chi connectivity index (χ1v) is 6.27. The van der Waals surface area contributed by atoms with Crippen molar-refractivity contribution in [1.29, 1.82) is 5.26 Å². The number of nitro groups is 1. The largest absolute Gasteiger partial charge is 0.269 e. The molecule has 100 valence electrons. The topological polar surface area (TPSA) is 66.9 Å². The number of nitriles is 1. The molecule has 1 atom stereocenters. The van der Waals surface area contributed by atoms with E-state index in [4.69, 9.17) is 11.6 Å². The van der Waals surface area contributed by atoms with Crippen LogP contribution in [0.15, 0.2) is 48.5 Å². The van der Waals surface area contributed by atoms with E-state index in [2.05, 4.69) is 6.07 Å². The van der Waals surface area contributed by atoms with Gasteiger partial charge in [-0.3, -0.25) is 10.1 Å². The van der Waals surface area contributed by atoms with Crippen LogP contribution in [0.3, 0.4) is 0 Å². The standard InChI is InChI=1S/C15H11ClN2O2/c1-11-2-4-12(5-3-11)15(16,10-17)13-6-8-14(9-7-13)18(19)20/h2-9H,1H3. The minimum atomic E-state index is -1.34. The number of rotatable bonds is 3.